The number of nitrogens with zero attached hydrogens (tertiary/aromatic N) is 3. The van der Waals surface area contributed by atoms with Gasteiger partial charge in [0.2, 0.25) is 0 Å². The van der Waals surface area contributed by atoms with E-state index in [-0.39, 0.29) is 52.5 Å². The van der Waals surface area contributed by atoms with E-state index >= 15 is 0 Å². The smallest absolute Gasteiger partial charge is 0.410 e. The fraction of sp³-hybridized carbons (Fsp3) is 0.925. The summed E-state index contributed by atoms with van der Waals surface area (Å²) in [6.07, 6.45) is 16.9. The first-order valence-electron chi connectivity index (χ1n) is 20.2. The van der Waals surface area contributed by atoms with Crippen molar-refractivity contribution in [3.05, 3.63) is 0 Å². The lowest BCUT2D eigenvalue weighted by atomic mass is 9.63. The van der Waals surface area contributed by atoms with E-state index in [1.54, 1.807) is 0 Å². The van der Waals surface area contributed by atoms with Crippen LogP contribution in [-0.2, 0) is 14.2 Å². The second kappa shape index (κ2) is 19.7. The van der Waals surface area contributed by atoms with Crippen LogP contribution in [0.4, 0.5) is 14.4 Å². The van der Waals surface area contributed by atoms with Crippen LogP contribution in [0.3, 0.4) is 0 Å². The highest BCUT2D eigenvalue weighted by atomic mass is 35.5. The van der Waals surface area contributed by atoms with Crippen LogP contribution in [0.25, 0.3) is 0 Å². The molecule has 0 unspecified atom stereocenters. The number of carbonyl (C=O) groups excluding carboxylic acids is 3. The lowest BCUT2D eigenvalue weighted by Gasteiger charge is -2.50. The largest absolute Gasteiger partial charge is 0.447 e. The molecule has 308 valence electrons. The number of ether oxygens (including phenoxy) is 3. The lowest BCUT2D eigenvalue weighted by molar-refractivity contribution is -0.0211. The number of alkyl halides is 2. The number of hydrogen-bond acceptors (Lipinski definition) is 7. The van der Waals surface area contributed by atoms with Crippen LogP contribution in [-0.4, -0.2) is 107 Å². The number of likely N-dealkylation sites (tertiary alicyclic amines) is 1. The van der Waals surface area contributed by atoms with E-state index in [0.29, 0.717) is 37.6 Å². The summed E-state index contributed by atoms with van der Waals surface area (Å²) in [5.41, 5.74) is -0.505. The van der Waals surface area contributed by atoms with Gasteiger partial charge in [0.1, 0.15) is 18.8 Å². The number of amides is 3. The summed E-state index contributed by atoms with van der Waals surface area (Å²) >= 11 is 9.53. The van der Waals surface area contributed by atoms with Crippen LogP contribution in [0.15, 0.2) is 0 Å². The molecule has 0 spiro atoms. The fourth-order valence-electron chi connectivity index (χ4n) is 9.68. The Morgan fingerprint density at radius 2 is 1.11 bits per heavy atom. The van der Waals surface area contributed by atoms with Gasteiger partial charge in [0.25, 0.3) is 0 Å². The van der Waals surface area contributed by atoms with E-state index in [9.17, 15) is 14.4 Å². The molecule has 13 heteroatoms. The molecule has 1 N–H and O–H groups in total. The first-order chi connectivity index (χ1) is 24.5. The van der Waals surface area contributed by atoms with E-state index in [1.807, 2.05) is 35.5 Å². The van der Waals surface area contributed by atoms with Crippen LogP contribution < -0.4 is 5.32 Å². The normalized spacial score (nSPS) is 25.5. The molecule has 4 saturated heterocycles. The molecule has 10 nitrogen and oxygen atoms in total. The molecular weight excluding hydrogens is 739 g/mol. The third-order valence-corrected chi connectivity index (χ3v) is 12.9. The Kier molecular flexibility index (Phi) is 17.1. The van der Waals surface area contributed by atoms with Crippen molar-refractivity contribution >= 4 is 53.9 Å². The van der Waals surface area contributed by atoms with Crippen molar-refractivity contribution in [2.24, 2.45) is 22.7 Å². The number of cyclic esters (lactones) is 2. The van der Waals surface area contributed by atoms with Crippen molar-refractivity contribution in [3.63, 3.8) is 0 Å². The maximum absolute atomic E-state index is 12.5. The molecule has 0 aromatic rings. The highest BCUT2D eigenvalue weighted by molar-refractivity contribution is 6.40. The molecule has 4 aliphatic heterocycles. The van der Waals surface area contributed by atoms with Crippen LogP contribution in [0.1, 0.15) is 138 Å². The Morgan fingerprint density at radius 1 is 0.736 bits per heavy atom. The van der Waals surface area contributed by atoms with Gasteiger partial charge in [-0.25, -0.2) is 14.4 Å². The van der Waals surface area contributed by atoms with Gasteiger partial charge in [-0.15, -0.1) is 35.6 Å². The molecule has 2 saturated carbocycles. The van der Waals surface area contributed by atoms with E-state index in [1.165, 1.54) is 77.0 Å². The van der Waals surface area contributed by atoms with Crippen molar-refractivity contribution in [2.45, 2.75) is 155 Å². The lowest BCUT2D eigenvalue weighted by Crippen LogP contribution is -2.55. The van der Waals surface area contributed by atoms with Gasteiger partial charge in [0.05, 0.1) is 16.4 Å². The highest BCUT2D eigenvalue weighted by Gasteiger charge is 2.50. The molecule has 0 radical (unpaired) electrons. The molecule has 53 heavy (non-hydrogen) atoms. The number of rotatable bonds is 6. The average Bonchev–Trinajstić information content (AvgIpc) is 3.52. The first kappa shape index (κ1) is 46.0. The molecule has 0 aromatic heterocycles. The maximum atomic E-state index is 12.5. The summed E-state index contributed by atoms with van der Waals surface area (Å²) in [7, 11) is 0. The first-order valence-corrected chi connectivity index (χ1v) is 21.2. The van der Waals surface area contributed by atoms with Crippen LogP contribution >= 0.6 is 35.6 Å². The number of hydrogen-bond donors (Lipinski definition) is 1. The van der Waals surface area contributed by atoms with Crippen molar-refractivity contribution < 1.29 is 28.6 Å². The number of nitrogens with one attached hydrogen (secondary N) is 1. The zero-order valence-corrected chi connectivity index (χ0v) is 36.2. The third kappa shape index (κ3) is 12.1. The third-order valence-electron chi connectivity index (χ3n) is 12.9. The predicted octanol–water partition coefficient (Wildman–Crippen LogP) is 9.83. The van der Waals surface area contributed by atoms with Gasteiger partial charge in [0, 0.05) is 26.2 Å². The summed E-state index contributed by atoms with van der Waals surface area (Å²) < 4.78 is 16.3. The minimum absolute atomic E-state index is 0. The van der Waals surface area contributed by atoms with E-state index in [0.717, 1.165) is 44.9 Å². The van der Waals surface area contributed by atoms with Crippen LogP contribution in [0, 0.1) is 22.7 Å². The van der Waals surface area contributed by atoms with Gasteiger partial charge in [-0.3, -0.25) is 9.80 Å². The SMILES string of the molecule is CC(C)(C)OC(=O)N1CCC(CN2C(=O)OCC2(C)C)(C2CCCCC2)CC1.CC1(C)COC(=O)N1CC1(C2CCCCC2)CCNCC1.Cl.ClCCl. The molecule has 0 bridgehead atoms. The number of piperidine rings is 2. The van der Waals surface area contributed by atoms with E-state index in [2.05, 4.69) is 33.0 Å². The van der Waals surface area contributed by atoms with Gasteiger partial charge < -0.3 is 24.4 Å². The Labute approximate surface area is 336 Å². The van der Waals surface area contributed by atoms with E-state index < -0.39 is 5.60 Å². The molecule has 6 aliphatic rings. The second-order valence-corrected chi connectivity index (χ2v) is 19.4. The van der Waals surface area contributed by atoms with Crippen LogP contribution in [0.2, 0.25) is 0 Å². The van der Waals surface area contributed by atoms with Gasteiger partial charge in [0.15, 0.2) is 0 Å². The minimum Gasteiger partial charge on any atom is -0.447 e. The van der Waals surface area contributed by atoms with Crippen molar-refractivity contribution in [3.8, 4) is 0 Å². The molecular formula is C40H71Cl3N4O6. The van der Waals surface area contributed by atoms with Crippen molar-refractivity contribution in [1.82, 2.24) is 20.0 Å². The Hall–Kier alpha value is -1.36. The van der Waals surface area contributed by atoms with Gasteiger partial charge in [-0.2, -0.15) is 0 Å². The molecule has 0 atom stereocenters. The van der Waals surface area contributed by atoms with Gasteiger partial charge in [-0.05, 0) is 136 Å². The molecule has 3 amide bonds. The summed E-state index contributed by atoms with van der Waals surface area (Å²) in [6, 6.07) is 0. The highest BCUT2D eigenvalue weighted by Crippen LogP contribution is 2.49. The topological polar surface area (TPSA) is 101 Å². The quantitative estimate of drug-likeness (QED) is 0.211. The van der Waals surface area contributed by atoms with Crippen molar-refractivity contribution in [1.29, 1.82) is 0 Å². The Morgan fingerprint density at radius 3 is 1.45 bits per heavy atom. The molecule has 0 aromatic carbocycles. The van der Waals surface area contributed by atoms with E-state index in [4.69, 9.17) is 37.4 Å². The maximum Gasteiger partial charge on any atom is 0.410 e. The molecule has 4 heterocycles. The average molecular weight is 810 g/mol. The molecule has 2 aliphatic carbocycles. The zero-order valence-electron chi connectivity index (χ0n) is 33.9. The van der Waals surface area contributed by atoms with Gasteiger partial charge in [-0.1, -0.05) is 38.5 Å². The molecule has 6 rings (SSSR count). The Balaban J connectivity index is 0.000000269. The summed E-state index contributed by atoms with van der Waals surface area (Å²) in [5, 5.41) is 3.70. The summed E-state index contributed by atoms with van der Waals surface area (Å²) in [4.78, 5) is 43.0. The van der Waals surface area contributed by atoms with Crippen molar-refractivity contribution in [2.75, 3.05) is 57.8 Å². The van der Waals surface area contributed by atoms with Crippen LogP contribution in [0.5, 0.6) is 0 Å². The number of carbonyl (C=O) groups is 3. The standard InChI is InChI=1S/C22H38N2O4.C17H30N2O2.CH2Cl2.ClH/c1-20(2,3)28-18(25)23-13-11-22(12-14-23,17-9-7-6-8-10-17)15-24-19(26)27-16-21(24,4)5;1-16(2)13-21-15(20)19(16)12-17(8-10-18-11-9-17)14-6-4-3-5-7-14;2-1-3;/h17H,6-16H2,1-5H3;14,18H,3-13H2,1-2H3;1H2;1H. The fourth-order valence-corrected chi connectivity index (χ4v) is 9.68. The molecule has 6 fully saturated rings. The summed E-state index contributed by atoms with van der Waals surface area (Å²) in [6.45, 7) is 20.4. The monoisotopic (exact) mass is 808 g/mol. The minimum atomic E-state index is -0.474. The number of halogens is 3. The second-order valence-electron chi connectivity index (χ2n) is 18.6. The zero-order chi connectivity index (χ0) is 38.2. The summed E-state index contributed by atoms with van der Waals surface area (Å²) in [5.74, 6) is 1.41. The van der Waals surface area contributed by atoms with Gasteiger partial charge >= 0.3 is 18.3 Å². The Bertz CT molecular complexity index is 1170. The predicted molar refractivity (Wildman–Crippen MR) is 215 cm³/mol.